The molecule has 1 aliphatic heterocycles. The van der Waals surface area contributed by atoms with Crippen LogP contribution in [0.4, 0.5) is 4.39 Å². The molecule has 1 saturated heterocycles. The van der Waals surface area contributed by atoms with E-state index < -0.39 is 0 Å². The Hall–Kier alpha value is -1.99. The van der Waals surface area contributed by atoms with E-state index in [4.69, 9.17) is 4.74 Å². The number of nitrogens with one attached hydrogen (secondary N) is 2. The van der Waals surface area contributed by atoms with Gasteiger partial charge >= 0.3 is 0 Å². The van der Waals surface area contributed by atoms with Crippen molar-refractivity contribution in [3.8, 4) is 0 Å². The van der Waals surface area contributed by atoms with Gasteiger partial charge in [0.05, 0.1) is 13.2 Å². The Morgan fingerprint density at radius 1 is 1.23 bits per heavy atom. The molecule has 0 bridgehead atoms. The highest BCUT2D eigenvalue weighted by Gasteiger charge is 2.25. The second kappa shape index (κ2) is 12.6. The minimum Gasteiger partial charge on any atom is -0.377 e. The van der Waals surface area contributed by atoms with Crippen molar-refractivity contribution in [1.29, 1.82) is 0 Å². The number of hydrogen-bond acceptors (Lipinski definition) is 4. The first-order chi connectivity index (χ1) is 14.2. The van der Waals surface area contributed by atoms with Gasteiger partial charge in [-0.2, -0.15) is 0 Å². The lowest BCUT2D eigenvalue weighted by atomic mass is 10.0. The van der Waals surface area contributed by atoms with Gasteiger partial charge in [0.1, 0.15) is 5.82 Å². The van der Waals surface area contributed by atoms with Crippen molar-refractivity contribution in [2.45, 2.75) is 32.5 Å². The molecule has 3 rings (SSSR count). The highest BCUT2D eigenvalue weighted by Crippen LogP contribution is 2.22. The Labute approximate surface area is 184 Å². The fourth-order valence-electron chi connectivity index (χ4n) is 3.61. The molecule has 5 nitrogen and oxygen atoms in total. The maximum atomic E-state index is 13.6. The fraction of sp³-hybridized carbons (Fsp3) is 0.435. The molecule has 1 aliphatic rings. The summed E-state index contributed by atoms with van der Waals surface area (Å²) in [6.45, 7) is 6.39. The third-order valence-corrected chi connectivity index (χ3v) is 5.13. The number of amides is 1. The Morgan fingerprint density at radius 3 is 2.80 bits per heavy atom. The Balaban J connectivity index is 0.00000320. The number of carbonyl (C=O) groups excluding carboxylic acids is 1. The van der Waals surface area contributed by atoms with E-state index in [-0.39, 0.29) is 36.7 Å². The first kappa shape index (κ1) is 24.3. The van der Waals surface area contributed by atoms with Crippen molar-refractivity contribution in [2.24, 2.45) is 0 Å². The molecule has 0 radical (unpaired) electrons. The van der Waals surface area contributed by atoms with Crippen molar-refractivity contribution < 1.29 is 13.9 Å². The molecule has 164 valence electrons. The SMILES string of the molecule is CCCOCc1ccccc1CNC(=O)CN1CCNCC1c1cccc(F)c1.Cl. The third-order valence-electron chi connectivity index (χ3n) is 5.13. The van der Waals surface area contributed by atoms with Crippen molar-refractivity contribution in [3.63, 3.8) is 0 Å². The molecule has 0 spiro atoms. The van der Waals surface area contributed by atoms with Gasteiger partial charge in [-0.3, -0.25) is 9.69 Å². The first-order valence-electron chi connectivity index (χ1n) is 10.3. The number of nitrogens with zero attached hydrogens (tertiary/aromatic N) is 1. The van der Waals surface area contributed by atoms with E-state index in [9.17, 15) is 9.18 Å². The number of carbonyl (C=O) groups is 1. The van der Waals surface area contributed by atoms with Crippen LogP contribution in [0.5, 0.6) is 0 Å². The first-order valence-corrected chi connectivity index (χ1v) is 10.3. The summed E-state index contributed by atoms with van der Waals surface area (Å²) in [7, 11) is 0. The van der Waals surface area contributed by atoms with Crippen LogP contribution in [0.3, 0.4) is 0 Å². The van der Waals surface area contributed by atoms with E-state index in [0.29, 0.717) is 19.7 Å². The summed E-state index contributed by atoms with van der Waals surface area (Å²) < 4.78 is 19.3. The Bertz CT molecular complexity index is 806. The van der Waals surface area contributed by atoms with Gasteiger partial charge in [0.2, 0.25) is 5.91 Å². The molecule has 1 unspecified atom stereocenters. The summed E-state index contributed by atoms with van der Waals surface area (Å²) in [6.07, 6.45) is 0.982. The fourth-order valence-corrected chi connectivity index (χ4v) is 3.61. The lowest BCUT2D eigenvalue weighted by Gasteiger charge is -2.36. The zero-order chi connectivity index (χ0) is 20.5. The summed E-state index contributed by atoms with van der Waals surface area (Å²) in [6, 6.07) is 14.6. The number of piperazine rings is 1. The smallest absolute Gasteiger partial charge is 0.234 e. The van der Waals surface area contributed by atoms with E-state index in [1.807, 2.05) is 30.3 Å². The van der Waals surface area contributed by atoms with Crippen LogP contribution >= 0.6 is 12.4 Å². The predicted molar refractivity (Wildman–Crippen MR) is 119 cm³/mol. The van der Waals surface area contributed by atoms with Gasteiger partial charge in [0, 0.05) is 38.8 Å². The van der Waals surface area contributed by atoms with Crippen LogP contribution in [0.2, 0.25) is 0 Å². The van der Waals surface area contributed by atoms with Gasteiger partial charge < -0.3 is 15.4 Å². The Kier molecular flexibility index (Phi) is 10.2. The zero-order valence-electron chi connectivity index (χ0n) is 17.4. The topological polar surface area (TPSA) is 53.6 Å². The molecule has 30 heavy (non-hydrogen) atoms. The summed E-state index contributed by atoms with van der Waals surface area (Å²) in [5, 5.41) is 6.37. The maximum Gasteiger partial charge on any atom is 0.234 e. The van der Waals surface area contributed by atoms with Crippen LogP contribution < -0.4 is 10.6 Å². The minimum absolute atomic E-state index is 0. The number of benzene rings is 2. The second-order valence-electron chi connectivity index (χ2n) is 7.34. The lowest BCUT2D eigenvalue weighted by molar-refractivity contribution is -0.123. The van der Waals surface area contributed by atoms with Crippen LogP contribution in [-0.2, 0) is 22.7 Å². The summed E-state index contributed by atoms with van der Waals surface area (Å²) in [5.74, 6) is -0.281. The van der Waals surface area contributed by atoms with Gasteiger partial charge in [-0.05, 0) is 35.2 Å². The van der Waals surface area contributed by atoms with E-state index in [2.05, 4.69) is 22.5 Å². The highest BCUT2D eigenvalue weighted by molar-refractivity contribution is 5.85. The molecule has 0 aliphatic carbocycles. The molecule has 1 atom stereocenters. The van der Waals surface area contributed by atoms with E-state index in [1.54, 1.807) is 12.1 Å². The van der Waals surface area contributed by atoms with Crippen molar-refractivity contribution >= 4 is 18.3 Å². The molecule has 2 aromatic carbocycles. The van der Waals surface area contributed by atoms with Crippen molar-refractivity contribution in [1.82, 2.24) is 15.5 Å². The van der Waals surface area contributed by atoms with E-state index in [0.717, 1.165) is 42.8 Å². The monoisotopic (exact) mass is 435 g/mol. The highest BCUT2D eigenvalue weighted by atomic mass is 35.5. The number of ether oxygens (including phenoxy) is 1. The molecule has 1 amide bonds. The molecule has 1 heterocycles. The summed E-state index contributed by atoms with van der Waals surface area (Å²) >= 11 is 0. The van der Waals surface area contributed by atoms with Crippen LogP contribution in [0.1, 0.15) is 36.1 Å². The average Bonchev–Trinajstić information content (AvgIpc) is 2.73. The molecular weight excluding hydrogens is 405 g/mol. The maximum absolute atomic E-state index is 13.6. The molecule has 0 saturated carbocycles. The number of hydrogen-bond donors (Lipinski definition) is 2. The largest absolute Gasteiger partial charge is 0.377 e. The van der Waals surface area contributed by atoms with Gasteiger partial charge in [-0.25, -0.2) is 4.39 Å². The van der Waals surface area contributed by atoms with Gasteiger partial charge in [0.15, 0.2) is 0 Å². The normalized spacial score (nSPS) is 16.7. The average molecular weight is 436 g/mol. The number of rotatable bonds is 9. The quantitative estimate of drug-likeness (QED) is 0.592. The molecule has 7 heteroatoms. The lowest BCUT2D eigenvalue weighted by Crippen LogP contribution is -2.49. The predicted octanol–water partition coefficient (Wildman–Crippen LogP) is 3.44. The van der Waals surface area contributed by atoms with Crippen molar-refractivity contribution in [3.05, 3.63) is 71.0 Å². The van der Waals surface area contributed by atoms with Crippen LogP contribution in [0, 0.1) is 5.82 Å². The molecule has 2 aromatic rings. The Morgan fingerprint density at radius 2 is 2.03 bits per heavy atom. The van der Waals surface area contributed by atoms with Crippen molar-refractivity contribution in [2.75, 3.05) is 32.8 Å². The summed E-state index contributed by atoms with van der Waals surface area (Å²) in [5.41, 5.74) is 3.06. The molecular formula is C23H31ClFN3O2. The second-order valence-corrected chi connectivity index (χ2v) is 7.34. The van der Waals surface area contributed by atoms with Crippen LogP contribution in [-0.4, -0.2) is 43.6 Å². The van der Waals surface area contributed by atoms with Gasteiger partial charge in [-0.15, -0.1) is 12.4 Å². The van der Waals surface area contributed by atoms with E-state index >= 15 is 0 Å². The van der Waals surface area contributed by atoms with E-state index in [1.165, 1.54) is 6.07 Å². The molecule has 0 aromatic heterocycles. The zero-order valence-corrected chi connectivity index (χ0v) is 18.2. The molecule has 2 N–H and O–H groups in total. The van der Waals surface area contributed by atoms with Gasteiger partial charge in [-0.1, -0.05) is 43.3 Å². The van der Waals surface area contributed by atoms with Gasteiger partial charge in [0.25, 0.3) is 0 Å². The standard InChI is InChI=1S/C23H30FN3O2.ClH/c1-2-12-29-17-20-7-4-3-6-19(20)14-26-23(28)16-27-11-10-25-15-22(27)18-8-5-9-21(24)13-18;/h3-9,13,22,25H,2,10-12,14-17H2,1H3,(H,26,28);1H. The summed E-state index contributed by atoms with van der Waals surface area (Å²) in [4.78, 5) is 14.7. The third kappa shape index (κ3) is 7.06. The molecule has 1 fully saturated rings. The minimum atomic E-state index is -0.251. The number of halogens is 2. The van der Waals surface area contributed by atoms with Crippen LogP contribution in [0.25, 0.3) is 0 Å². The van der Waals surface area contributed by atoms with Crippen LogP contribution in [0.15, 0.2) is 48.5 Å².